The van der Waals surface area contributed by atoms with Gasteiger partial charge in [0, 0.05) is 12.7 Å². The lowest BCUT2D eigenvalue weighted by atomic mass is 10.1. The zero-order valence-electron chi connectivity index (χ0n) is 8.27. The molecule has 0 spiro atoms. The average Bonchev–Trinajstić information content (AvgIpc) is 2.16. The number of hydrogen-bond donors (Lipinski definition) is 2. The summed E-state index contributed by atoms with van der Waals surface area (Å²) >= 11 is 0. The van der Waals surface area contributed by atoms with Crippen molar-refractivity contribution in [3.63, 3.8) is 0 Å². The van der Waals surface area contributed by atoms with Gasteiger partial charge in [0.15, 0.2) is 0 Å². The zero-order valence-corrected chi connectivity index (χ0v) is 8.27. The second-order valence-corrected chi connectivity index (χ2v) is 3.13. The topological polar surface area (TPSA) is 90.4 Å². The molecule has 0 aliphatic rings. The number of benzene rings is 1. The molecule has 78 valence electrons. The van der Waals surface area contributed by atoms with E-state index in [4.69, 9.17) is 16.1 Å². The molecule has 0 fully saturated rings. The first-order chi connectivity index (χ1) is 7.04. The molecule has 0 heterocycles. The molecule has 0 amide bonds. The summed E-state index contributed by atoms with van der Waals surface area (Å²) in [5, 5.41) is 17.2. The van der Waals surface area contributed by atoms with Gasteiger partial charge in [0.2, 0.25) is 0 Å². The molecule has 0 aliphatic carbocycles. The maximum atomic E-state index is 10.5. The number of carboxylic acid groups (broad SMARTS) is 1. The van der Waals surface area contributed by atoms with Crippen molar-refractivity contribution in [3.8, 4) is 6.07 Å². The molecule has 0 aromatic heterocycles. The highest BCUT2D eigenvalue weighted by Crippen LogP contribution is 2.19. The van der Waals surface area contributed by atoms with Crippen LogP contribution in [-0.4, -0.2) is 24.7 Å². The number of carbonyl (C=O) groups is 1. The molecule has 0 atom stereocenters. The van der Waals surface area contributed by atoms with E-state index in [2.05, 4.69) is 0 Å². The van der Waals surface area contributed by atoms with Crippen molar-refractivity contribution in [2.24, 2.45) is 0 Å². The van der Waals surface area contributed by atoms with Crippen LogP contribution in [0.3, 0.4) is 0 Å². The van der Waals surface area contributed by atoms with Crippen LogP contribution in [0.2, 0.25) is 0 Å². The van der Waals surface area contributed by atoms with E-state index in [1.165, 1.54) is 0 Å². The van der Waals surface area contributed by atoms with Crippen LogP contribution in [0.4, 0.5) is 11.4 Å². The number of rotatable bonds is 3. The maximum absolute atomic E-state index is 10.5. The van der Waals surface area contributed by atoms with E-state index < -0.39 is 5.97 Å². The van der Waals surface area contributed by atoms with Gasteiger partial charge in [0.1, 0.15) is 12.6 Å². The Bertz CT molecular complexity index is 423. The van der Waals surface area contributed by atoms with E-state index in [0.29, 0.717) is 16.9 Å². The Kier molecular flexibility index (Phi) is 3.13. The number of aliphatic carboxylic acids is 1. The highest BCUT2D eigenvalue weighted by Gasteiger charge is 2.07. The van der Waals surface area contributed by atoms with Crippen molar-refractivity contribution in [2.75, 3.05) is 24.2 Å². The van der Waals surface area contributed by atoms with E-state index in [1.807, 2.05) is 6.07 Å². The summed E-state index contributed by atoms with van der Waals surface area (Å²) in [4.78, 5) is 12.0. The number of nitriles is 1. The van der Waals surface area contributed by atoms with Crippen LogP contribution >= 0.6 is 0 Å². The Morgan fingerprint density at radius 1 is 1.67 bits per heavy atom. The Morgan fingerprint density at radius 3 is 2.80 bits per heavy atom. The van der Waals surface area contributed by atoms with Gasteiger partial charge >= 0.3 is 5.97 Å². The van der Waals surface area contributed by atoms with Gasteiger partial charge in [0.05, 0.1) is 11.3 Å². The van der Waals surface area contributed by atoms with Crippen LogP contribution in [0.5, 0.6) is 0 Å². The monoisotopic (exact) mass is 205 g/mol. The van der Waals surface area contributed by atoms with Gasteiger partial charge in [-0.2, -0.15) is 5.26 Å². The SMILES string of the molecule is CN(CC(=O)O)c1ccc(C#N)c(N)c1. The molecule has 1 aromatic rings. The third-order valence-electron chi connectivity index (χ3n) is 1.97. The number of likely N-dealkylation sites (N-methyl/N-ethyl adjacent to an activating group) is 1. The molecule has 0 saturated carbocycles. The summed E-state index contributed by atoms with van der Waals surface area (Å²) in [5.41, 5.74) is 7.02. The smallest absolute Gasteiger partial charge is 0.323 e. The number of carboxylic acids is 1. The first-order valence-corrected chi connectivity index (χ1v) is 4.27. The summed E-state index contributed by atoms with van der Waals surface area (Å²) in [6, 6.07) is 6.76. The molecule has 0 bridgehead atoms. The van der Waals surface area contributed by atoms with Gasteiger partial charge in [-0.05, 0) is 18.2 Å². The normalized spacial score (nSPS) is 9.33. The molecule has 0 aliphatic heterocycles. The predicted molar refractivity (Wildman–Crippen MR) is 56.5 cm³/mol. The molecule has 0 radical (unpaired) electrons. The molecule has 0 saturated heterocycles. The van der Waals surface area contributed by atoms with Crippen molar-refractivity contribution in [3.05, 3.63) is 23.8 Å². The highest BCUT2D eigenvalue weighted by molar-refractivity contribution is 5.74. The lowest BCUT2D eigenvalue weighted by Gasteiger charge is -2.17. The van der Waals surface area contributed by atoms with Crippen LogP contribution in [0.1, 0.15) is 5.56 Å². The van der Waals surface area contributed by atoms with Crippen molar-refractivity contribution >= 4 is 17.3 Å². The molecule has 1 rings (SSSR count). The molecule has 3 N–H and O–H groups in total. The Morgan fingerprint density at radius 2 is 2.33 bits per heavy atom. The number of nitrogens with two attached hydrogens (primary N) is 1. The van der Waals surface area contributed by atoms with E-state index in [9.17, 15) is 4.79 Å². The highest BCUT2D eigenvalue weighted by atomic mass is 16.4. The fourth-order valence-corrected chi connectivity index (χ4v) is 1.18. The van der Waals surface area contributed by atoms with Crippen molar-refractivity contribution < 1.29 is 9.90 Å². The summed E-state index contributed by atoms with van der Waals surface area (Å²) < 4.78 is 0. The van der Waals surface area contributed by atoms with Crippen molar-refractivity contribution in [1.82, 2.24) is 0 Å². The third kappa shape index (κ3) is 2.61. The zero-order chi connectivity index (χ0) is 11.4. The predicted octanol–water partition coefficient (Wildman–Crippen LogP) is 0.661. The number of anilines is 2. The second-order valence-electron chi connectivity index (χ2n) is 3.13. The molecule has 1 aromatic carbocycles. The summed E-state index contributed by atoms with van der Waals surface area (Å²) in [7, 11) is 1.65. The Balaban J connectivity index is 2.93. The molecular weight excluding hydrogens is 194 g/mol. The van der Waals surface area contributed by atoms with Crippen LogP contribution < -0.4 is 10.6 Å². The van der Waals surface area contributed by atoms with Crippen LogP contribution in [0.15, 0.2) is 18.2 Å². The van der Waals surface area contributed by atoms with Gasteiger partial charge in [-0.1, -0.05) is 0 Å². The Labute approximate surface area is 87.3 Å². The summed E-state index contributed by atoms with van der Waals surface area (Å²) in [6.07, 6.45) is 0. The molecule has 5 heteroatoms. The van der Waals surface area contributed by atoms with Crippen molar-refractivity contribution in [2.45, 2.75) is 0 Å². The third-order valence-corrected chi connectivity index (χ3v) is 1.97. The van der Waals surface area contributed by atoms with Gasteiger partial charge in [-0.15, -0.1) is 0 Å². The van der Waals surface area contributed by atoms with Crippen LogP contribution in [0, 0.1) is 11.3 Å². The molecular formula is C10H11N3O2. The Hall–Kier alpha value is -2.22. The quantitative estimate of drug-likeness (QED) is 0.707. The number of nitrogen functional groups attached to an aromatic ring is 1. The fraction of sp³-hybridized carbons (Fsp3) is 0.200. The largest absolute Gasteiger partial charge is 0.480 e. The number of hydrogen-bond acceptors (Lipinski definition) is 4. The van der Waals surface area contributed by atoms with Crippen molar-refractivity contribution in [1.29, 1.82) is 5.26 Å². The second kappa shape index (κ2) is 4.33. The van der Waals surface area contributed by atoms with E-state index in [1.54, 1.807) is 30.1 Å². The van der Waals surface area contributed by atoms with Crippen LogP contribution in [0.25, 0.3) is 0 Å². The average molecular weight is 205 g/mol. The first-order valence-electron chi connectivity index (χ1n) is 4.27. The minimum Gasteiger partial charge on any atom is -0.480 e. The lowest BCUT2D eigenvalue weighted by molar-refractivity contribution is -0.135. The van der Waals surface area contributed by atoms with Gasteiger partial charge in [-0.25, -0.2) is 0 Å². The summed E-state index contributed by atoms with van der Waals surface area (Å²) in [6.45, 7) is -0.106. The van der Waals surface area contributed by atoms with E-state index in [-0.39, 0.29) is 6.54 Å². The molecule has 15 heavy (non-hydrogen) atoms. The molecule has 0 unspecified atom stereocenters. The van der Waals surface area contributed by atoms with E-state index >= 15 is 0 Å². The minimum atomic E-state index is -0.916. The first kappa shape index (κ1) is 10.9. The van der Waals surface area contributed by atoms with E-state index in [0.717, 1.165) is 0 Å². The lowest BCUT2D eigenvalue weighted by Crippen LogP contribution is -2.25. The summed E-state index contributed by atoms with van der Waals surface area (Å²) in [5.74, 6) is -0.916. The minimum absolute atomic E-state index is 0.106. The standard InChI is InChI=1S/C10H11N3O2/c1-13(6-10(14)15)8-3-2-7(5-11)9(12)4-8/h2-4H,6,12H2,1H3,(H,14,15). The van der Waals surface area contributed by atoms with Crippen LogP contribution in [-0.2, 0) is 4.79 Å². The van der Waals surface area contributed by atoms with Gasteiger partial charge in [0.25, 0.3) is 0 Å². The molecule has 5 nitrogen and oxygen atoms in total. The van der Waals surface area contributed by atoms with Gasteiger partial charge < -0.3 is 15.7 Å². The number of nitrogens with zero attached hydrogens (tertiary/aromatic N) is 2. The van der Waals surface area contributed by atoms with Gasteiger partial charge in [-0.3, -0.25) is 4.79 Å². The maximum Gasteiger partial charge on any atom is 0.323 e. The fourth-order valence-electron chi connectivity index (χ4n) is 1.18.